The van der Waals surface area contributed by atoms with Gasteiger partial charge in [0.2, 0.25) is 5.91 Å². The number of guanidine groups is 1. The summed E-state index contributed by atoms with van der Waals surface area (Å²) in [6.45, 7) is 7.88. The van der Waals surface area contributed by atoms with Crippen LogP contribution in [0.15, 0.2) is 29.3 Å². The summed E-state index contributed by atoms with van der Waals surface area (Å²) < 4.78 is 19.3. The number of aliphatic imine (C=N–C) groups is 1. The van der Waals surface area contributed by atoms with E-state index in [2.05, 4.69) is 22.1 Å². The van der Waals surface area contributed by atoms with Crippen molar-refractivity contribution in [2.75, 3.05) is 39.8 Å². The number of halogens is 1. The van der Waals surface area contributed by atoms with E-state index in [-0.39, 0.29) is 23.9 Å². The standard InChI is InChI=1S/C22H33FN4O2/c1-16-5-4-12-26(13-16)21(28)10-11-25-22(24-3)27-14-17(2)29-20(15-27)18-6-8-19(23)9-7-18/h6-9,16-17,20H,4-5,10-15H2,1-3H3,(H,24,25). The number of rotatable bonds is 4. The lowest BCUT2D eigenvalue weighted by molar-refractivity contribution is -0.132. The van der Waals surface area contributed by atoms with Crippen molar-refractivity contribution in [2.24, 2.45) is 10.9 Å². The summed E-state index contributed by atoms with van der Waals surface area (Å²) in [5.74, 6) is 1.32. The predicted octanol–water partition coefficient (Wildman–Crippen LogP) is 2.81. The maximum Gasteiger partial charge on any atom is 0.224 e. The number of hydrogen-bond donors (Lipinski definition) is 1. The van der Waals surface area contributed by atoms with Crippen LogP contribution in [0.25, 0.3) is 0 Å². The van der Waals surface area contributed by atoms with Crippen molar-refractivity contribution in [2.45, 2.75) is 45.3 Å². The molecule has 2 fully saturated rings. The summed E-state index contributed by atoms with van der Waals surface area (Å²) in [6, 6.07) is 6.46. The van der Waals surface area contributed by atoms with Crippen LogP contribution in [0.2, 0.25) is 0 Å². The zero-order valence-corrected chi connectivity index (χ0v) is 17.7. The van der Waals surface area contributed by atoms with E-state index in [0.717, 1.165) is 37.6 Å². The normalized spacial score (nSPS) is 25.8. The molecule has 1 aromatic rings. The minimum Gasteiger partial charge on any atom is -0.367 e. The molecule has 0 radical (unpaired) electrons. The summed E-state index contributed by atoms with van der Waals surface area (Å²) in [5, 5.41) is 3.33. The van der Waals surface area contributed by atoms with Crippen LogP contribution in [0.5, 0.6) is 0 Å². The molecule has 160 valence electrons. The van der Waals surface area contributed by atoms with E-state index in [1.54, 1.807) is 19.2 Å². The zero-order valence-electron chi connectivity index (χ0n) is 17.7. The van der Waals surface area contributed by atoms with Crippen LogP contribution in [-0.2, 0) is 9.53 Å². The molecule has 3 rings (SSSR count). The van der Waals surface area contributed by atoms with Crippen molar-refractivity contribution in [1.29, 1.82) is 0 Å². The lowest BCUT2D eigenvalue weighted by Crippen LogP contribution is -2.51. The molecule has 0 bridgehead atoms. The van der Waals surface area contributed by atoms with E-state index in [4.69, 9.17) is 4.74 Å². The van der Waals surface area contributed by atoms with Crippen LogP contribution in [-0.4, -0.2) is 67.5 Å². The SMILES string of the molecule is CN=C(NCCC(=O)N1CCCC(C)C1)N1CC(C)OC(c2ccc(F)cc2)C1. The number of benzene rings is 1. The van der Waals surface area contributed by atoms with Gasteiger partial charge in [0.1, 0.15) is 11.9 Å². The van der Waals surface area contributed by atoms with Crippen molar-refractivity contribution < 1.29 is 13.9 Å². The Labute approximate surface area is 173 Å². The van der Waals surface area contributed by atoms with Gasteiger partial charge in [-0.05, 0) is 43.4 Å². The second kappa shape index (κ2) is 10.1. The minimum atomic E-state index is -0.250. The Kier molecular flexibility index (Phi) is 7.47. The molecule has 2 heterocycles. The van der Waals surface area contributed by atoms with Crippen molar-refractivity contribution in [3.63, 3.8) is 0 Å². The third-order valence-corrected chi connectivity index (χ3v) is 5.65. The number of morpholine rings is 1. The largest absolute Gasteiger partial charge is 0.367 e. The maximum absolute atomic E-state index is 13.2. The Morgan fingerprint density at radius 3 is 2.66 bits per heavy atom. The molecule has 1 N–H and O–H groups in total. The molecule has 2 saturated heterocycles. The summed E-state index contributed by atoms with van der Waals surface area (Å²) in [4.78, 5) is 21.0. The average Bonchev–Trinajstić information content (AvgIpc) is 2.71. The second-order valence-electron chi connectivity index (χ2n) is 8.20. The number of likely N-dealkylation sites (tertiary alicyclic amines) is 1. The summed E-state index contributed by atoms with van der Waals surface area (Å²) in [5.41, 5.74) is 0.952. The average molecular weight is 405 g/mol. The van der Waals surface area contributed by atoms with E-state index >= 15 is 0 Å². The van der Waals surface area contributed by atoms with E-state index in [0.29, 0.717) is 25.4 Å². The van der Waals surface area contributed by atoms with Gasteiger partial charge in [0.25, 0.3) is 0 Å². The van der Waals surface area contributed by atoms with Gasteiger partial charge in [-0.15, -0.1) is 0 Å². The molecule has 1 aromatic carbocycles. The molecule has 2 aliphatic rings. The highest BCUT2D eigenvalue weighted by atomic mass is 19.1. The third kappa shape index (κ3) is 5.92. The Balaban J connectivity index is 1.53. The van der Waals surface area contributed by atoms with Crippen LogP contribution >= 0.6 is 0 Å². The molecular formula is C22H33FN4O2. The van der Waals surface area contributed by atoms with Crippen molar-refractivity contribution in [3.05, 3.63) is 35.6 Å². The van der Waals surface area contributed by atoms with Crippen LogP contribution in [0.4, 0.5) is 4.39 Å². The second-order valence-corrected chi connectivity index (χ2v) is 8.20. The van der Waals surface area contributed by atoms with Gasteiger partial charge in [-0.3, -0.25) is 9.79 Å². The highest BCUT2D eigenvalue weighted by molar-refractivity contribution is 5.81. The molecule has 0 saturated carbocycles. The lowest BCUT2D eigenvalue weighted by Gasteiger charge is -2.38. The zero-order chi connectivity index (χ0) is 20.8. The molecule has 3 unspecified atom stereocenters. The molecule has 3 atom stereocenters. The lowest BCUT2D eigenvalue weighted by atomic mass is 10.00. The highest BCUT2D eigenvalue weighted by Gasteiger charge is 2.28. The number of hydrogen-bond acceptors (Lipinski definition) is 3. The fourth-order valence-corrected chi connectivity index (χ4v) is 4.17. The van der Waals surface area contributed by atoms with Gasteiger partial charge < -0.3 is 19.9 Å². The third-order valence-electron chi connectivity index (χ3n) is 5.65. The summed E-state index contributed by atoms with van der Waals surface area (Å²) in [6.07, 6.45) is 2.65. The number of nitrogens with one attached hydrogen (secondary N) is 1. The fourth-order valence-electron chi connectivity index (χ4n) is 4.17. The van der Waals surface area contributed by atoms with Crippen molar-refractivity contribution >= 4 is 11.9 Å². The van der Waals surface area contributed by atoms with E-state index < -0.39 is 0 Å². The van der Waals surface area contributed by atoms with Gasteiger partial charge in [0.15, 0.2) is 5.96 Å². The summed E-state index contributed by atoms with van der Waals surface area (Å²) >= 11 is 0. The summed E-state index contributed by atoms with van der Waals surface area (Å²) in [7, 11) is 1.75. The van der Waals surface area contributed by atoms with Crippen LogP contribution in [0.3, 0.4) is 0 Å². The maximum atomic E-state index is 13.2. The van der Waals surface area contributed by atoms with Crippen LogP contribution in [0, 0.1) is 11.7 Å². The molecule has 6 nitrogen and oxygen atoms in total. The monoisotopic (exact) mass is 404 g/mol. The van der Waals surface area contributed by atoms with Crippen molar-refractivity contribution in [1.82, 2.24) is 15.1 Å². The molecule has 0 spiro atoms. The molecule has 29 heavy (non-hydrogen) atoms. The van der Waals surface area contributed by atoms with E-state index in [1.165, 1.54) is 18.6 Å². The van der Waals surface area contributed by atoms with Gasteiger partial charge >= 0.3 is 0 Å². The number of nitrogens with zero attached hydrogens (tertiary/aromatic N) is 3. The molecular weight excluding hydrogens is 371 g/mol. The van der Waals surface area contributed by atoms with Gasteiger partial charge in [-0.1, -0.05) is 19.1 Å². The Bertz CT molecular complexity index is 709. The molecule has 1 amide bonds. The van der Waals surface area contributed by atoms with E-state index in [9.17, 15) is 9.18 Å². The Morgan fingerprint density at radius 1 is 1.21 bits per heavy atom. The molecule has 0 aromatic heterocycles. The fraction of sp³-hybridized carbons (Fsp3) is 0.636. The topological polar surface area (TPSA) is 57.2 Å². The van der Waals surface area contributed by atoms with Gasteiger partial charge in [0, 0.05) is 39.6 Å². The number of amides is 1. The molecule has 0 aliphatic carbocycles. The smallest absolute Gasteiger partial charge is 0.224 e. The molecule has 2 aliphatic heterocycles. The van der Waals surface area contributed by atoms with Gasteiger partial charge in [-0.2, -0.15) is 0 Å². The predicted molar refractivity (Wildman–Crippen MR) is 112 cm³/mol. The Morgan fingerprint density at radius 2 is 1.97 bits per heavy atom. The van der Waals surface area contributed by atoms with Gasteiger partial charge in [0.05, 0.1) is 12.6 Å². The number of piperidine rings is 1. The van der Waals surface area contributed by atoms with Gasteiger partial charge in [-0.25, -0.2) is 4.39 Å². The van der Waals surface area contributed by atoms with E-state index in [1.807, 2.05) is 11.8 Å². The minimum absolute atomic E-state index is 0.0221. The first-order valence-corrected chi connectivity index (χ1v) is 10.6. The van der Waals surface area contributed by atoms with Crippen LogP contribution < -0.4 is 5.32 Å². The first-order valence-electron chi connectivity index (χ1n) is 10.6. The first-order chi connectivity index (χ1) is 14.0. The Hall–Kier alpha value is -2.15. The van der Waals surface area contributed by atoms with Crippen molar-refractivity contribution in [3.8, 4) is 0 Å². The van der Waals surface area contributed by atoms with Crippen LogP contribution in [0.1, 0.15) is 44.8 Å². The number of carbonyl (C=O) groups excluding carboxylic acids is 1. The number of carbonyl (C=O) groups is 1. The first kappa shape index (κ1) is 21.6. The number of ether oxygens (including phenoxy) is 1. The highest BCUT2D eigenvalue weighted by Crippen LogP contribution is 2.25. The molecule has 7 heteroatoms. The quantitative estimate of drug-likeness (QED) is 0.619.